The highest BCUT2D eigenvalue weighted by Gasteiger charge is 2.08. The normalized spacial score (nSPS) is 12.2. The molecule has 3 rings (SSSR count). The molecule has 0 saturated carbocycles. The van der Waals surface area contributed by atoms with Crippen molar-refractivity contribution in [2.45, 2.75) is 20.8 Å². The Hall–Kier alpha value is -1.98. The van der Waals surface area contributed by atoms with Crippen LogP contribution in [-0.4, -0.2) is 17.4 Å². The van der Waals surface area contributed by atoms with Gasteiger partial charge in [-0.1, -0.05) is 40.2 Å². The van der Waals surface area contributed by atoms with Crippen molar-refractivity contribution in [3.05, 3.63) is 73.8 Å². The van der Waals surface area contributed by atoms with E-state index in [1.54, 1.807) is 11.3 Å². The SMILES string of the molecule is CCN=c1scc(-c2ccc(C)c(C)c2)n1N=Cc1ccc(Br)cc1. The summed E-state index contributed by atoms with van der Waals surface area (Å²) in [5.74, 6) is 0. The first-order chi connectivity index (χ1) is 12.1. The Morgan fingerprint density at radius 1 is 1.08 bits per heavy atom. The van der Waals surface area contributed by atoms with E-state index in [9.17, 15) is 0 Å². The summed E-state index contributed by atoms with van der Waals surface area (Å²) in [5, 5.41) is 6.83. The van der Waals surface area contributed by atoms with Crippen molar-refractivity contribution in [2.24, 2.45) is 10.1 Å². The third-order valence-electron chi connectivity index (χ3n) is 3.97. The van der Waals surface area contributed by atoms with Crippen LogP contribution in [0.3, 0.4) is 0 Å². The number of halogens is 1. The van der Waals surface area contributed by atoms with Crippen LogP contribution in [0.25, 0.3) is 11.3 Å². The van der Waals surface area contributed by atoms with Gasteiger partial charge in [0, 0.05) is 22.0 Å². The van der Waals surface area contributed by atoms with Crippen molar-refractivity contribution in [1.29, 1.82) is 0 Å². The summed E-state index contributed by atoms with van der Waals surface area (Å²) in [6.07, 6.45) is 1.87. The fraction of sp³-hybridized carbons (Fsp3) is 0.200. The van der Waals surface area contributed by atoms with Gasteiger partial charge >= 0.3 is 0 Å². The number of hydrogen-bond donors (Lipinski definition) is 0. The Bertz CT molecular complexity index is 965. The molecule has 1 aromatic heterocycles. The van der Waals surface area contributed by atoms with Crippen LogP contribution in [0.5, 0.6) is 0 Å². The molecule has 25 heavy (non-hydrogen) atoms. The molecule has 3 aromatic rings. The van der Waals surface area contributed by atoms with Gasteiger partial charge in [-0.15, -0.1) is 11.3 Å². The van der Waals surface area contributed by atoms with Gasteiger partial charge in [0.25, 0.3) is 0 Å². The largest absolute Gasteiger partial charge is 0.258 e. The molecule has 0 atom stereocenters. The maximum Gasteiger partial charge on any atom is 0.206 e. The molecule has 0 fully saturated rings. The van der Waals surface area contributed by atoms with E-state index in [4.69, 9.17) is 5.10 Å². The summed E-state index contributed by atoms with van der Waals surface area (Å²) in [6, 6.07) is 14.6. The van der Waals surface area contributed by atoms with Gasteiger partial charge in [-0.3, -0.25) is 4.99 Å². The monoisotopic (exact) mass is 413 g/mol. The van der Waals surface area contributed by atoms with Crippen LogP contribution in [0.4, 0.5) is 0 Å². The van der Waals surface area contributed by atoms with Crippen molar-refractivity contribution in [1.82, 2.24) is 4.68 Å². The molecule has 0 aliphatic heterocycles. The Balaban J connectivity index is 2.07. The van der Waals surface area contributed by atoms with Crippen LogP contribution in [0.1, 0.15) is 23.6 Å². The molecule has 0 unspecified atom stereocenters. The zero-order valence-electron chi connectivity index (χ0n) is 14.5. The molecule has 2 aromatic carbocycles. The molecule has 0 N–H and O–H groups in total. The lowest BCUT2D eigenvalue weighted by Gasteiger charge is -2.06. The number of aryl methyl sites for hydroxylation is 2. The van der Waals surface area contributed by atoms with Gasteiger partial charge in [-0.25, -0.2) is 4.68 Å². The second-order valence-corrected chi connectivity index (χ2v) is 7.54. The van der Waals surface area contributed by atoms with Crippen molar-refractivity contribution >= 4 is 33.5 Å². The predicted molar refractivity (Wildman–Crippen MR) is 110 cm³/mol. The number of nitrogens with zero attached hydrogens (tertiary/aromatic N) is 3. The van der Waals surface area contributed by atoms with Crippen LogP contribution < -0.4 is 4.80 Å². The van der Waals surface area contributed by atoms with E-state index in [1.807, 2.05) is 42.1 Å². The molecule has 3 nitrogen and oxygen atoms in total. The minimum absolute atomic E-state index is 0.737. The van der Waals surface area contributed by atoms with Gasteiger partial charge in [0.2, 0.25) is 4.80 Å². The van der Waals surface area contributed by atoms with Crippen molar-refractivity contribution in [3.63, 3.8) is 0 Å². The Morgan fingerprint density at radius 3 is 2.52 bits per heavy atom. The highest BCUT2D eigenvalue weighted by molar-refractivity contribution is 9.10. The van der Waals surface area contributed by atoms with E-state index in [-0.39, 0.29) is 0 Å². The zero-order valence-corrected chi connectivity index (χ0v) is 16.9. The van der Waals surface area contributed by atoms with Gasteiger partial charge in [0.05, 0.1) is 11.9 Å². The minimum Gasteiger partial charge on any atom is -0.258 e. The Labute approximate surface area is 160 Å². The average Bonchev–Trinajstić information content (AvgIpc) is 3.00. The first kappa shape index (κ1) is 17.8. The van der Waals surface area contributed by atoms with Gasteiger partial charge in [-0.05, 0) is 55.7 Å². The lowest BCUT2D eigenvalue weighted by Crippen LogP contribution is -2.12. The summed E-state index contributed by atoms with van der Waals surface area (Å²) in [4.78, 5) is 5.49. The van der Waals surface area contributed by atoms with Crippen molar-refractivity contribution < 1.29 is 0 Å². The van der Waals surface area contributed by atoms with Crippen LogP contribution in [0, 0.1) is 13.8 Å². The maximum absolute atomic E-state index is 4.71. The zero-order chi connectivity index (χ0) is 17.8. The number of aromatic nitrogens is 1. The van der Waals surface area contributed by atoms with Gasteiger partial charge in [0.15, 0.2) is 0 Å². The molecule has 0 aliphatic carbocycles. The van der Waals surface area contributed by atoms with Gasteiger partial charge < -0.3 is 0 Å². The number of rotatable bonds is 4. The number of hydrogen-bond acceptors (Lipinski definition) is 3. The Morgan fingerprint density at radius 2 is 1.84 bits per heavy atom. The molecule has 5 heteroatoms. The molecule has 0 radical (unpaired) electrons. The summed E-state index contributed by atoms with van der Waals surface area (Å²) in [7, 11) is 0. The molecule has 0 amide bonds. The third kappa shape index (κ3) is 4.17. The lowest BCUT2D eigenvalue weighted by atomic mass is 10.1. The fourth-order valence-electron chi connectivity index (χ4n) is 2.43. The second-order valence-electron chi connectivity index (χ2n) is 5.78. The smallest absolute Gasteiger partial charge is 0.206 e. The summed E-state index contributed by atoms with van der Waals surface area (Å²) in [5.41, 5.74) is 5.84. The molecular formula is C20H20BrN3S. The van der Waals surface area contributed by atoms with E-state index in [0.29, 0.717) is 0 Å². The standard InChI is InChI=1S/C20H20BrN3S/c1-4-22-20-24(23-12-16-6-9-18(21)10-7-16)19(13-25-20)17-8-5-14(2)15(3)11-17/h5-13H,4H2,1-3H3. The minimum atomic E-state index is 0.737. The lowest BCUT2D eigenvalue weighted by molar-refractivity contribution is 0.833. The Kier molecular flexibility index (Phi) is 5.66. The topological polar surface area (TPSA) is 29.6 Å². The predicted octanol–water partition coefficient (Wildman–Crippen LogP) is 5.40. The average molecular weight is 414 g/mol. The third-order valence-corrected chi connectivity index (χ3v) is 5.36. The second kappa shape index (κ2) is 7.93. The van der Waals surface area contributed by atoms with E-state index < -0.39 is 0 Å². The van der Waals surface area contributed by atoms with Crippen molar-refractivity contribution in [2.75, 3.05) is 6.54 Å². The molecule has 128 valence electrons. The van der Waals surface area contributed by atoms with E-state index >= 15 is 0 Å². The number of thiazole rings is 1. The summed E-state index contributed by atoms with van der Waals surface area (Å²) in [6.45, 7) is 7.04. The highest BCUT2D eigenvalue weighted by atomic mass is 79.9. The molecule has 0 saturated heterocycles. The van der Waals surface area contributed by atoms with Crippen LogP contribution in [0.15, 0.2) is 62.4 Å². The van der Waals surface area contributed by atoms with Crippen LogP contribution >= 0.6 is 27.3 Å². The van der Waals surface area contributed by atoms with Crippen molar-refractivity contribution in [3.8, 4) is 11.3 Å². The fourth-order valence-corrected chi connectivity index (χ4v) is 3.59. The van der Waals surface area contributed by atoms with E-state index in [1.165, 1.54) is 11.1 Å². The highest BCUT2D eigenvalue weighted by Crippen LogP contribution is 2.23. The van der Waals surface area contributed by atoms with E-state index in [2.05, 4.69) is 58.3 Å². The molecule has 0 spiro atoms. The van der Waals surface area contributed by atoms with Crippen LogP contribution in [-0.2, 0) is 0 Å². The molecule has 0 bridgehead atoms. The molecular weight excluding hydrogens is 394 g/mol. The van der Waals surface area contributed by atoms with E-state index in [0.717, 1.165) is 32.6 Å². The van der Waals surface area contributed by atoms with Gasteiger partial charge in [0.1, 0.15) is 0 Å². The molecule has 0 aliphatic rings. The quantitative estimate of drug-likeness (QED) is 0.512. The van der Waals surface area contributed by atoms with Gasteiger partial charge in [-0.2, -0.15) is 5.10 Å². The summed E-state index contributed by atoms with van der Waals surface area (Å²) >= 11 is 5.08. The first-order valence-electron chi connectivity index (χ1n) is 8.17. The summed E-state index contributed by atoms with van der Waals surface area (Å²) < 4.78 is 2.99. The first-order valence-corrected chi connectivity index (χ1v) is 9.84. The maximum atomic E-state index is 4.71. The molecule has 1 heterocycles. The number of benzene rings is 2. The van der Waals surface area contributed by atoms with Crippen LogP contribution in [0.2, 0.25) is 0 Å².